The van der Waals surface area contributed by atoms with Crippen LogP contribution >= 0.6 is 11.6 Å². The summed E-state index contributed by atoms with van der Waals surface area (Å²) in [6.45, 7) is 0. The number of hydrogen-bond acceptors (Lipinski definition) is 6. The van der Waals surface area contributed by atoms with Crippen LogP contribution < -0.4 is 11.2 Å². The van der Waals surface area contributed by atoms with Gasteiger partial charge in [0.2, 0.25) is 11.8 Å². The van der Waals surface area contributed by atoms with Crippen molar-refractivity contribution in [2.24, 2.45) is 5.10 Å². The van der Waals surface area contributed by atoms with Crippen molar-refractivity contribution in [1.82, 2.24) is 10.5 Å². The topological polar surface area (TPSA) is 72.1 Å². The number of nitrogen functional groups attached to an aromatic ring is 1. The van der Waals surface area contributed by atoms with Crippen LogP contribution in [-0.4, -0.2) is 25.2 Å². The fraction of sp³-hybridized carbons (Fsp3) is 0.250. The lowest BCUT2D eigenvalue weighted by Crippen LogP contribution is -2.39. The molecule has 0 saturated heterocycles. The standard InChI is InChI=1S/C12H14ClFN4O2/c1-19-9-6-10(20-2)17-18(16-9)12(13)7-4-3-5-8(14)11(7)15/h3-6,12,16H,15H2,1-2H3. The minimum absolute atomic E-state index is 0.0306. The van der Waals surface area contributed by atoms with Gasteiger partial charge in [0, 0.05) is 5.56 Å². The molecule has 1 atom stereocenters. The van der Waals surface area contributed by atoms with Crippen LogP contribution in [0.3, 0.4) is 0 Å². The molecule has 3 N–H and O–H groups in total. The number of hydrogen-bond donors (Lipinski definition) is 2. The molecule has 2 rings (SSSR count). The molecule has 0 aliphatic carbocycles. The number of methoxy groups -OCH3 is 2. The highest BCUT2D eigenvalue weighted by Gasteiger charge is 2.24. The van der Waals surface area contributed by atoms with E-state index in [0.717, 1.165) is 0 Å². The van der Waals surface area contributed by atoms with E-state index >= 15 is 0 Å². The van der Waals surface area contributed by atoms with Crippen molar-refractivity contribution < 1.29 is 13.9 Å². The van der Waals surface area contributed by atoms with Crippen LogP contribution in [0.4, 0.5) is 10.1 Å². The van der Waals surface area contributed by atoms with Crippen LogP contribution in [0.25, 0.3) is 0 Å². The number of hydrazine groups is 1. The Kier molecular flexibility index (Phi) is 4.19. The van der Waals surface area contributed by atoms with Crippen molar-refractivity contribution in [3.8, 4) is 0 Å². The first-order chi connectivity index (χ1) is 9.56. The van der Waals surface area contributed by atoms with Crippen molar-refractivity contribution in [2.45, 2.75) is 5.50 Å². The molecule has 0 fully saturated rings. The number of nitrogens with one attached hydrogen (secondary N) is 1. The average Bonchev–Trinajstić information content (AvgIpc) is 2.48. The van der Waals surface area contributed by atoms with Gasteiger partial charge in [0.05, 0.1) is 26.0 Å². The average molecular weight is 301 g/mol. The Bertz CT molecular complexity index is 564. The number of benzene rings is 1. The molecule has 1 aliphatic rings. The van der Waals surface area contributed by atoms with Gasteiger partial charge < -0.3 is 15.2 Å². The predicted molar refractivity (Wildman–Crippen MR) is 73.9 cm³/mol. The molecule has 0 saturated carbocycles. The van der Waals surface area contributed by atoms with E-state index in [4.69, 9.17) is 26.8 Å². The normalized spacial score (nSPS) is 15.9. The maximum atomic E-state index is 13.5. The summed E-state index contributed by atoms with van der Waals surface area (Å²) in [6, 6.07) is 4.40. The first kappa shape index (κ1) is 14.3. The Hall–Kier alpha value is -2.15. The lowest BCUT2D eigenvalue weighted by molar-refractivity contribution is 0.120. The van der Waals surface area contributed by atoms with Gasteiger partial charge in [0.15, 0.2) is 5.50 Å². The summed E-state index contributed by atoms with van der Waals surface area (Å²) >= 11 is 6.28. The summed E-state index contributed by atoms with van der Waals surface area (Å²) in [7, 11) is 2.95. The highest BCUT2D eigenvalue weighted by atomic mass is 35.5. The zero-order valence-electron chi connectivity index (χ0n) is 10.9. The molecular weight excluding hydrogens is 287 g/mol. The summed E-state index contributed by atoms with van der Waals surface area (Å²) in [5.74, 6) is 0.141. The molecule has 1 aromatic carbocycles. The van der Waals surface area contributed by atoms with E-state index in [1.54, 1.807) is 12.1 Å². The van der Waals surface area contributed by atoms with E-state index in [-0.39, 0.29) is 5.69 Å². The molecule has 1 aliphatic heterocycles. The Morgan fingerprint density at radius 2 is 2.15 bits per heavy atom. The monoisotopic (exact) mass is 300 g/mol. The number of alkyl halides is 1. The van der Waals surface area contributed by atoms with Crippen molar-refractivity contribution in [1.29, 1.82) is 0 Å². The Labute approximate surface area is 120 Å². The zero-order valence-corrected chi connectivity index (χ0v) is 11.7. The van der Waals surface area contributed by atoms with E-state index < -0.39 is 11.3 Å². The first-order valence-electron chi connectivity index (χ1n) is 5.69. The SMILES string of the molecule is COC1=CC(OC)=NN(C(Cl)c2cccc(F)c2N)N1. The summed E-state index contributed by atoms with van der Waals surface area (Å²) in [5, 5.41) is 5.36. The maximum Gasteiger partial charge on any atom is 0.238 e. The number of hydrazone groups is 1. The predicted octanol–water partition coefficient (Wildman–Crippen LogP) is 1.91. The Balaban J connectivity index is 2.29. The summed E-state index contributed by atoms with van der Waals surface area (Å²) in [6.07, 6.45) is 1.55. The highest BCUT2D eigenvalue weighted by Crippen LogP contribution is 2.31. The van der Waals surface area contributed by atoms with Crippen molar-refractivity contribution in [3.63, 3.8) is 0 Å². The third kappa shape index (κ3) is 2.72. The van der Waals surface area contributed by atoms with Crippen LogP contribution in [0.1, 0.15) is 11.1 Å². The number of anilines is 1. The van der Waals surface area contributed by atoms with Crippen LogP contribution in [-0.2, 0) is 9.47 Å². The second-order valence-corrected chi connectivity index (χ2v) is 4.30. The van der Waals surface area contributed by atoms with Gasteiger partial charge >= 0.3 is 0 Å². The smallest absolute Gasteiger partial charge is 0.238 e. The lowest BCUT2D eigenvalue weighted by atomic mass is 10.1. The number of rotatable bonds is 3. The van der Waals surface area contributed by atoms with Gasteiger partial charge in [-0.15, -0.1) is 5.10 Å². The second kappa shape index (κ2) is 5.87. The number of nitrogens with two attached hydrogens (primary N) is 1. The highest BCUT2D eigenvalue weighted by molar-refractivity contribution is 6.21. The molecule has 8 heteroatoms. The van der Waals surface area contributed by atoms with Gasteiger partial charge in [-0.25, -0.2) is 9.82 Å². The quantitative estimate of drug-likeness (QED) is 0.507. The van der Waals surface area contributed by atoms with E-state index in [2.05, 4.69) is 10.5 Å². The third-order valence-electron chi connectivity index (χ3n) is 2.67. The van der Waals surface area contributed by atoms with Crippen molar-refractivity contribution in [3.05, 3.63) is 41.5 Å². The van der Waals surface area contributed by atoms with Crippen LogP contribution in [0.2, 0.25) is 0 Å². The van der Waals surface area contributed by atoms with Crippen LogP contribution in [0.15, 0.2) is 35.3 Å². The van der Waals surface area contributed by atoms with E-state index in [9.17, 15) is 4.39 Å². The largest absolute Gasteiger partial charge is 0.481 e. The molecule has 20 heavy (non-hydrogen) atoms. The van der Waals surface area contributed by atoms with Gasteiger partial charge in [-0.1, -0.05) is 23.7 Å². The molecule has 108 valence electrons. The number of ether oxygens (including phenoxy) is 2. The minimum atomic E-state index is -0.838. The van der Waals surface area contributed by atoms with Crippen LogP contribution in [0, 0.1) is 5.82 Å². The molecule has 0 radical (unpaired) electrons. The molecule has 0 amide bonds. The molecular formula is C12H14ClFN4O2. The van der Waals surface area contributed by atoms with Gasteiger partial charge in [-0.05, 0) is 6.07 Å². The molecule has 0 aromatic heterocycles. The molecule has 0 spiro atoms. The van der Waals surface area contributed by atoms with E-state index in [1.165, 1.54) is 31.5 Å². The van der Waals surface area contributed by atoms with Gasteiger partial charge in [-0.3, -0.25) is 0 Å². The second-order valence-electron chi connectivity index (χ2n) is 3.89. The zero-order chi connectivity index (χ0) is 14.7. The van der Waals surface area contributed by atoms with Gasteiger partial charge in [0.1, 0.15) is 5.82 Å². The van der Waals surface area contributed by atoms with Crippen molar-refractivity contribution >= 4 is 23.2 Å². The molecule has 1 heterocycles. The number of halogens is 2. The number of para-hydroxylation sites is 1. The molecule has 1 aromatic rings. The Morgan fingerprint density at radius 3 is 2.80 bits per heavy atom. The summed E-state index contributed by atoms with van der Waals surface area (Å²) in [5.41, 5.74) is 8.01. The molecule has 6 nitrogen and oxygen atoms in total. The Morgan fingerprint density at radius 1 is 1.40 bits per heavy atom. The van der Waals surface area contributed by atoms with Crippen molar-refractivity contribution in [2.75, 3.05) is 20.0 Å². The fourth-order valence-corrected chi connectivity index (χ4v) is 1.90. The van der Waals surface area contributed by atoms with E-state index in [1.807, 2.05) is 0 Å². The fourth-order valence-electron chi connectivity index (χ4n) is 1.62. The molecule has 1 unspecified atom stereocenters. The van der Waals surface area contributed by atoms with Gasteiger partial charge in [0.25, 0.3) is 0 Å². The maximum absolute atomic E-state index is 13.5. The third-order valence-corrected chi connectivity index (χ3v) is 3.09. The van der Waals surface area contributed by atoms with Gasteiger partial charge in [-0.2, -0.15) is 5.12 Å². The summed E-state index contributed by atoms with van der Waals surface area (Å²) < 4.78 is 23.6. The van der Waals surface area contributed by atoms with E-state index in [0.29, 0.717) is 17.3 Å². The number of nitrogens with zero attached hydrogens (tertiary/aromatic N) is 2. The van der Waals surface area contributed by atoms with Crippen LogP contribution in [0.5, 0.6) is 0 Å². The molecule has 0 bridgehead atoms. The minimum Gasteiger partial charge on any atom is -0.481 e. The first-order valence-corrected chi connectivity index (χ1v) is 6.12. The lowest BCUT2D eigenvalue weighted by Gasteiger charge is -2.29. The summed E-state index contributed by atoms with van der Waals surface area (Å²) in [4.78, 5) is 0.